The first-order valence-corrected chi connectivity index (χ1v) is 17.7. The summed E-state index contributed by atoms with van der Waals surface area (Å²) in [7, 11) is 3.13. The van der Waals surface area contributed by atoms with E-state index in [1.165, 1.54) is 21.8 Å². The normalized spacial score (nSPS) is 15.7. The van der Waals surface area contributed by atoms with Crippen LogP contribution in [0.15, 0.2) is 75.7 Å². The highest BCUT2D eigenvalue weighted by Crippen LogP contribution is 2.39. The van der Waals surface area contributed by atoms with Gasteiger partial charge >= 0.3 is 0 Å². The van der Waals surface area contributed by atoms with Crippen molar-refractivity contribution < 1.29 is 14.3 Å². The molecule has 2 aromatic carbocycles. The molecule has 0 radical (unpaired) electrons. The average molecular weight is 690 g/mol. The number of carbonyl (C=O) groups is 1. The van der Waals surface area contributed by atoms with Crippen molar-refractivity contribution in [1.82, 2.24) is 9.13 Å². The SMILES string of the molecule is COc1ccc([C@H]2C(C(=O)Nc3ccccc3)=C(C)N=c3s/c(=C\c4cc(C)n(-c5sc6c(c5C#N)CCCC6)c4C)c(=O)n32)c(OC)c1. The summed E-state index contributed by atoms with van der Waals surface area (Å²) in [4.78, 5) is 35.1. The number of thiophene rings is 1. The van der Waals surface area contributed by atoms with E-state index in [-0.39, 0.29) is 11.5 Å². The lowest BCUT2D eigenvalue weighted by atomic mass is 9.94. The Kier molecular flexibility index (Phi) is 8.61. The molecule has 0 fully saturated rings. The average Bonchev–Trinajstić information content (AvgIpc) is 3.72. The van der Waals surface area contributed by atoms with Crippen LogP contribution in [0.25, 0.3) is 11.1 Å². The third-order valence-electron chi connectivity index (χ3n) is 9.26. The van der Waals surface area contributed by atoms with Crippen LogP contribution in [0.3, 0.4) is 0 Å². The minimum absolute atomic E-state index is 0.266. The van der Waals surface area contributed by atoms with Gasteiger partial charge in [0.05, 0.1) is 35.6 Å². The number of benzene rings is 2. The van der Waals surface area contributed by atoms with Crippen molar-refractivity contribution in [1.29, 1.82) is 5.26 Å². The largest absolute Gasteiger partial charge is 0.497 e. The Morgan fingerprint density at radius 1 is 1.04 bits per heavy atom. The van der Waals surface area contributed by atoms with E-state index < -0.39 is 6.04 Å². The number of aryl methyl sites for hydroxylation is 2. The van der Waals surface area contributed by atoms with Crippen LogP contribution in [-0.2, 0) is 17.6 Å². The van der Waals surface area contributed by atoms with E-state index in [4.69, 9.17) is 14.5 Å². The van der Waals surface area contributed by atoms with Crippen molar-refractivity contribution >= 4 is 40.3 Å². The summed E-state index contributed by atoms with van der Waals surface area (Å²) in [5, 5.41) is 14.1. The van der Waals surface area contributed by atoms with Crippen LogP contribution in [0.5, 0.6) is 11.5 Å². The molecule has 2 aliphatic rings. The zero-order chi connectivity index (χ0) is 34.4. The van der Waals surface area contributed by atoms with Gasteiger partial charge in [-0.3, -0.25) is 14.2 Å². The second kappa shape index (κ2) is 13.0. The maximum atomic E-state index is 14.5. The molecule has 0 saturated carbocycles. The molecule has 7 rings (SSSR count). The van der Waals surface area contributed by atoms with E-state index >= 15 is 0 Å². The minimum Gasteiger partial charge on any atom is -0.497 e. The van der Waals surface area contributed by atoms with Crippen molar-refractivity contribution in [2.24, 2.45) is 4.99 Å². The zero-order valence-corrected chi connectivity index (χ0v) is 29.6. The van der Waals surface area contributed by atoms with Gasteiger partial charge in [-0.25, -0.2) is 4.99 Å². The summed E-state index contributed by atoms with van der Waals surface area (Å²) in [5.74, 6) is 0.708. The van der Waals surface area contributed by atoms with Gasteiger partial charge < -0.3 is 19.4 Å². The van der Waals surface area contributed by atoms with Gasteiger partial charge in [-0.1, -0.05) is 29.5 Å². The first-order chi connectivity index (χ1) is 23.7. The summed E-state index contributed by atoms with van der Waals surface area (Å²) in [6, 6.07) is 18.3. The van der Waals surface area contributed by atoms with Crippen molar-refractivity contribution in [3.8, 4) is 22.6 Å². The molecule has 248 valence electrons. The van der Waals surface area contributed by atoms with Gasteiger partial charge in [0.2, 0.25) is 0 Å². The number of rotatable bonds is 7. The van der Waals surface area contributed by atoms with Gasteiger partial charge in [0.1, 0.15) is 28.6 Å². The van der Waals surface area contributed by atoms with Gasteiger partial charge in [-0.15, -0.1) is 11.3 Å². The molecule has 49 heavy (non-hydrogen) atoms. The van der Waals surface area contributed by atoms with E-state index in [0.29, 0.717) is 43.4 Å². The predicted molar refractivity (Wildman–Crippen MR) is 193 cm³/mol. The Labute approximate surface area is 291 Å². The Balaban J connectivity index is 1.38. The number of amides is 1. The zero-order valence-electron chi connectivity index (χ0n) is 27.9. The van der Waals surface area contributed by atoms with Crippen LogP contribution >= 0.6 is 22.7 Å². The second-order valence-electron chi connectivity index (χ2n) is 12.2. The number of nitrogens with zero attached hydrogens (tertiary/aromatic N) is 4. The number of nitrogens with one attached hydrogen (secondary N) is 1. The number of hydrogen-bond donors (Lipinski definition) is 1. The van der Waals surface area contributed by atoms with Crippen LogP contribution in [0, 0.1) is 25.2 Å². The van der Waals surface area contributed by atoms with Crippen molar-refractivity contribution in [3.05, 3.63) is 124 Å². The fourth-order valence-electron chi connectivity index (χ4n) is 6.88. The minimum atomic E-state index is -0.814. The Morgan fingerprint density at radius 2 is 1.82 bits per heavy atom. The highest BCUT2D eigenvalue weighted by molar-refractivity contribution is 7.15. The van der Waals surface area contributed by atoms with E-state index in [1.54, 1.807) is 49.2 Å². The number of thiazole rings is 1. The number of para-hydroxylation sites is 1. The smallest absolute Gasteiger partial charge is 0.271 e. The fourth-order valence-corrected chi connectivity index (χ4v) is 9.37. The fraction of sp³-hybridized carbons (Fsp3) is 0.263. The standard InChI is InChI=1S/C38H35N5O4S2/c1-21-17-24(23(3)42(21)37-29(20-39)27-13-9-10-14-31(27)48-37)18-32-36(45)43-34(28-16-15-26(46-4)19-30(28)47-5)33(22(2)40-38(43)49-32)35(44)41-25-11-7-6-8-12-25/h6-8,11-12,15-19,34H,9-10,13-14H2,1-5H3,(H,41,44)/b32-18-/t34-/m0/s1. The van der Waals surface area contributed by atoms with E-state index in [1.807, 2.05) is 56.3 Å². The van der Waals surface area contributed by atoms with Crippen LogP contribution in [-0.4, -0.2) is 29.3 Å². The Hall–Kier alpha value is -5.18. The summed E-state index contributed by atoms with van der Waals surface area (Å²) >= 11 is 2.99. The van der Waals surface area contributed by atoms with Crippen LogP contribution in [0.2, 0.25) is 0 Å². The molecular weight excluding hydrogens is 655 g/mol. The molecule has 3 aromatic heterocycles. The molecule has 9 nitrogen and oxygen atoms in total. The number of ether oxygens (including phenoxy) is 2. The molecule has 1 aliphatic heterocycles. The predicted octanol–water partition coefficient (Wildman–Crippen LogP) is 6.11. The lowest BCUT2D eigenvalue weighted by Crippen LogP contribution is -2.40. The van der Waals surface area contributed by atoms with Crippen molar-refractivity contribution in [3.63, 3.8) is 0 Å². The van der Waals surface area contributed by atoms with Gasteiger partial charge in [0, 0.05) is 33.6 Å². The number of fused-ring (bicyclic) bond motifs is 2. The van der Waals surface area contributed by atoms with Gasteiger partial charge in [-0.2, -0.15) is 5.26 Å². The van der Waals surface area contributed by atoms with E-state index in [9.17, 15) is 14.9 Å². The quantitative estimate of drug-likeness (QED) is 0.222. The lowest BCUT2D eigenvalue weighted by molar-refractivity contribution is -0.113. The van der Waals surface area contributed by atoms with E-state index in [0.717, 1.165) is 53.2 Å². The highest BCUT2D eigenvalue weighted by Gasteiger charge is 2.34. The van der Waals surface area contributed by atoms with Crippen molar-refractivity contribution in [2.45, 2.75) is 52.5 Å². The summed E-state index contributed by atoms with van der Waals surface area (Å²) in [6.45, 7) is 5.85. The number of anilines is 1. The number of methoxy groups -OCH3 is 2. The molecule has 5 aromatic rings. The number of nitriles is 1. The number of aromatic nitrogens is 2. The molecule has 11 heteroatoms. The lowest BCUT2D eigenvalue weighted by Gasteiger charge is -2.26. The molecule has 1 atom stereocenters. The van der Waals surface area contributed by atoms with Crippen LogP contribution in [0.1, 0.15) is 64.3 Å². The second-order valence-corrected chi connectivity index (χ2v) is 14.3. The highest BCUT2D eigenvalue weighted by atomic mass is 32.1. The maximum absolute atomic E-state index is 14.5. The Bertz CT molecular complexity index is 2390. The van der Waals surface area contributed by atoms with E-state index in [2.05, 4.69) is 22.0 Å². The molecule has 0 bridgehead atoms. The topological polar surface area (TPSA) is 111 Å². The summed E-state index contributed by atoms with van der Waals surface area (Å²) in [6.07, 6.45) is 6.09. The monoisotopic (exact) mass is 689 g/mol. The van der Waals surface area contributed by atoms with Gasteiger partial charge in [-0.05, 0) is 94.0 Å². The number of carbonyl (C=O) groups excluding carboxylic acids is 1. The molecule has 1 aliphatic carbocycles. The molecule has 4 heterocycles. The molecule has 1 amide bonds. The van der Waals surface area contributed by atoms with Crippen molar-refractivity contribution in [2.75, 3.05) is 19.5 Å². The Morgan fingerprint density at radius 3 is 2.55 bits per heavy atom. The number of allylic oxidation sites excluding steroid dienone is 1. The van der Waals surface area contributed by atoms with Gasteiger partial charge in [0.15, 0.2) is 4.80 Å². The first-order valence-electron chi connectivity index (χ1n) is 16.1. The number of hydrogen-bond acceptors (Lipinski definition) is 8. The summed E-state index contributed by atoms with van der Waals surface area (Å²) in [5.41, 5.74) is 6.62. The third kappa shape index (κ3) is 5.61. The third-order valence-corrected chi connectivity index (χ3v) is 11.5. The van der Waals surface area contributed by atoms with Gasteiger partial charge in [0.25, 0.3) is 11.5 Å². The summed E-state index contributed by atoms with van der Waals surface area (Å²) < 4.78 is 15.5. The molecule has 0 unspecified atom stereocenters. The first kappa shape index (κ1) is 32.4. The molecule has 0 spiro atoms. The molecular formula is C38H35N5O4S2. The van der Waals surface area contributed by atoms with Crippen LogP contribution < -0.4 is 29.7 Å². The van der Waals surface area contributed by atoms with Crippen LogP contribution in [0.4, 0.5) is 5.69 Å². The maximum Gasteiger partial charge on any atom is 0.271 e. The molecule has 0 saturated heterocycles. The molecule has 1 N–H and O–H groups in total.